The van der Waals surface area contributed by atoms with Crippen LogP contribution in [0.15, 0.2) is 9.85 Å². The lowest BCUT2D eigenvalue weighted by atomic mass is 9.85. The highest BCUT2D eigenvalue weighted by Crippen LogP contribution is 2.52. The Morgan fingerprint density at radius 3 is 2.76 bits per heavy atom. The highest BCUT2D eigenvalue weighted by Gasteiger charge is 2.40. The number of rotatable bonds is 3. The summed E-state index contributed by atoms with van der Waals surface area (Å²) >= 11 is 15.2. The van der Waals surface area contributed by atoms with Crippen molar-refractivity contribution in [1.29, 1.82) is 0 Å². The van der Waals surface area contributed by atoms with Gasteiger partial charge in [-0.1, -0.05) is 34.0 Å². The normalized spacial score (nSPS) is 33.2. The quantitative estimate of drug-likeness (QED) is 0.515. The van der Waals surface area contributed by atoms with E-state index in [0.29, 0.717) is 4.83 Å². The van der Waals surface area contributed by atoms with Gasteiger partial charge in [-0.2, -0.15) is 0 Å². The molecule has 2 aliphatic rings. The van der Waals surface area contributed by atoms with Crippen molar-refractivity contribution in [2.75, 3.05) is 0 Å². The third-order valence-corrected chi connectivity index (χ3v) is 8.13. The van der Waals surface area contributed by atoms with E-state index in [9.17, 15) is 0 Å². The van der Waals surface area contributed by atoms with E-state index in [1.807, 2.05) is 0 Å². The van der Waals surface area contributed by atoms with Crippen molar-refractivity contribution in [2.24, 2.45) is 17.8 Å². The Bertz CT molecular complexity index is 398. The molecule has 0 saturated heterocycles. The molecule has 2 fully saturated rings. The molecule has 4 atom stereocenters. The fourth-order valence-electron chi connectivity index (χ4n) is 3.56. The van der Waals surface area contributed by atoms with Crippen molar-refractivity contribution in [3.63, 3.8) is 0 Å². The summed E-state index contributed by atoms with van der Waals surface area (Å²) < 4.78 is 1.06. The van der Waals surface area contributed by atoms with Gasteiger partial charge in [0.25, 0.3) is 0 Å². The number of hydrogen-bond donors (Lipinski definition) is 0. The van der Waals surface area contributed by atoms with Crippen molar-refractivity contribution in [1.82, 2.24) is 0 Å². The van der Waals surface area contributed by atoms with E-state index in [1.165, 1.54) is 37.0 Å². The van der Waals surface area contributed by atoms with Crippen LogP contribution in [0.3, 0.4) is 0 Å². The highest BCUT2D eigenvalue weighted by atomic mass is 79.9. The summed E-state index contributed by atoms with van der Waals surface area (Å²) in [6, 6.07) is 2.10. The van der Waals surface area contributed by atoms with Gasteiger partial charge in [0, 0.05) is 9.70 Å². The van der Waals surface area contributed by atoms with Gasteiger partial charge in [-0.25, -0.2) is 0 Å². The Hall–Kier alpha value is 0.950. The highest BCUT2D eigenvalue weighted by molar-refractivity contribution is 9.11. The molecule has 2 aliphatic carbocycles. The van der Waals surface area contributed by atoms with E-state index >= 15 is 0 Å². The SMILES string of the molecule is Clc1cc(C(Br)CC2CC3CCC2C3)sc1Br. The zero-order chi connectivity index (χ0) is 12.0. The fraction of sp³-hybridized carbons (Fsp3) is 0.692. The standard InChI is InChI=1S/C13H15Br2ClS/c14-10(12-6-11(16)13(15)17-12)5-9-4-7-1-2-8(9)3-7/h6-10H,1-5H2. The van der Waals surface area contributed by atoms with Crippen molar-refractivity contribution >= 4 is 54.8 Å². The monoisotopic (exact) mass is 396 g/mol. The number of fused-ring (bicyclic) bond motifs is 2. The molecule has 2 bridgehead atoms. The van der Waals surface area contributed by atoms with Crippen LogP contribution >= 0.6 is 54.8 Å². The van der Waals surface area contributed by atoms with Crippen LogP contribution in [-0.2, 0) is 0 Å². The summed E-state index contributed by atoms with van der Waals surface area (Å²) in [5.41, 5.74) is 0. The minimum atomic E-state index is 0.487. The largest absolute Gasteiger partial charge is 0.130 e. The maximum absolute atomic E-state index is 6.10. The molecule has 0 radical (unpaired) electrons. The van der Waals surface area contributed by atoms with Crippen LogP contribution in [0.2, 0.25) is 5.02 Å². The van der Waals surface area contributed by atoms with Crippen LogP contribution in [0, 0.1) is 17.8 Å². The molecule has 3 rings (SSSR count). The Morgan fingerprint density at radius 1 is 1.41 bits per heavy atom. The van der Waals surface area contributed by atoms with Crippen LogP contribution in [0.5, 0.6) is 0 Å². The molecular weight excluding hydrogens is 383 g/mol. The minimum Gasteiger partial charge on any atom is -0.130 e. The van der Waals surface area contributed by atoms with E-state index in [0.717, 1.165) is 26.6 Å². The van der Waals surface area contributed by atoms with E-state index < -0.39 is 0 Å². The van der Waals surface area contributed by atoms with Crippen molar-refractivity contribution in [3.8, 4) is 0 Å². The molecule has 1 aromatic rings. The number of thiophene rings is 1. The van der Waals surface area contributed by atoms with E-state index in [2.05, 4.69) is 37.9 Å². The summed E-state index contributed by atoms with van der Waals surface area (Å²) in [6.45, 7) is 0. The van der Waals surface area contributed by atoms with Gasteiger partial charge in [0.1, 0.15) is 0 Å². The summed E-state index contributed by atoms with van der Waals surface area (Å²) in [7, 11) is 0. The van der Waals surface area contributed by atoms with Crippen molar-refractivity contribution in [3.05, 3.63) is 19.8 Å². The van der Waals surface area contributed by atoms with Gasteiger partial charge < -0.3 is 0 Å². The lowest BCUT2D eigenvalue weighted by molar-refractivity contribution is 0.314. The maximum Gasteiger partial charge on any atom is 0.0887 e. The Labute approximate surface area is 128 Å². The average molecular weight is 399 g/mol. The molecule has 0 aromatic carbocycles. The van der Waals surface area contributed by atoms with Crippen LogP contribution in [0.1, 0.15) is 41.8 Å². The molecule has 4 unspecified atom stereocenters. The molecule has 0 nitrogen and oxygen atoms in total. The zero-order valence-electron chi connectivity index (χ0n) is 9.46. The molecule has 0 spiro atoms. The van der Waals surface area contributed by atoms with E-state index in [-0.39, 0.29) is 0 Å². The molecule has 1 aromatic heterocycles. The van der Waals surface area contributed by atoms with Crippen molar-refractivity contribution in [2.45, 2.75) is 36.9 Å². The van der Waals surface area contributed by atoms with Crippen LogP contribution in [-0.4, -0.2) is 0 Å². The van der Waals surface area contributed by atoms with Gasteiger partial charge in [-0.15, -0.1) is 11.3 Å². The Morgan fingerprint density at radius 2 is 2.24 bits per heavy atom. The van der Waals surface area contributed by atoms with Crippen LogP contribution in [0.25, 0.3) is 0 Å². The molecular formula is C13H15Br2ClS. The molecule has 0 N–H and O–H groups in total. The van der Waals surface area contributed by atoms with Gasteiger partial charge in [0.15, 0.2) is 0 Å². The topological polar surface area (TPSA) is 0 Å². The van der Waals surface area contributed by atoms with Gasteiger partial charge in [-0.3, -0.25) is 0 Å². The summed E-state index contributed by atoms with van der Waals surface area (Å²) in [6.07, 6.45) is 7.21. The van der Waals surface area contributed by atoms with E-state index in [4.69, 9.17) is 11.6 Å². The van der Waals surface area contributed by atoms with E-state index in [1.54, 1.807) is 11.3 Å². The second-order valence-electron chi connectivity index (χ2n) is 5.41. The third kappa shape index (κ3) is 2.63. The number of hydrogen-bond acceptors (Lipinski definition) is 1. The van der Waals surface area contributed by atoms with Crippen LogP contribution < -0.4 is 0 Å². The second-order valence-corrected chi connectivity index (χ2v) is 9.32. The summed E-state index contributed by atoms with van der Waals surface area (Å²) in [5, 5.41) is 0.849. The first-order chi connectivity index (χ1) is 8.13. The van der Waals surface area contributed by atoms with Crippen molar-refractivity contribution < 1.29 is 0 Å². The summed E-state index contributed by atoms with van der Waals surface area (Å²) in [4.78, 5) is 1.85. The van der Waals surface area contributed by atoms with Gasteiger partial charge in [-0.05, 0) is 65.4 Å². The minimum absolute atomic E-state index is 0.487. The molecule has 4 heteroatoms. The van der Waals surface area contributed by atoms with Crippen LogP contribution in [0.4, 0.5) is 0 Å². The smallest absolute Gasteiger partial charge is 0.0887 e. The first kappa shape index (κ1) is 13.0. The Balaban J connectivity index is 1.65. The lowest BCUT2D eigenvalue weighted by Gasteiger charge is -2.23. The van der Waals surface area contributed by atoms with Gasteiger partial charge in [0.05, 0.1) is 8.81 Å². The Kier molecular flexibility index (Phi) is 3.92. The lowest BCUT2D eigenvalue weighted by Crippen LogP contribution is -2.11. The molecule has 1 heterocycles. The number of halogens is 3. The molecule has 17 heavy (non-hydrogen) atoms. The van der Waals surface area contributed by atoms with Gasteiger partial charge >= 0.3 is 0 Å². The molecule has 0 aliphatic heterocycles. The maximum atomic E-state index is 6.10. The summed E-state index contributed by atoms with van der Waals surface area (Å²) in [5.74, 6) is 3.00. The molecule has 0 amide bonds. The second kappa shape index (κ2) is 5.15. The third-order valence-electron chi connectivity index (χ3n) is 4.37. The number of alkyl halides is 1. The first-order valence-electron chi connectivity index (χ1n) is 6.22. The fourth-order valence-corrected chi connectivity index (χ4v) is 6.19. The molecule has 94 valence electrons. The first-order valence-corrected chi connectivity index (χ1v) is 9.12. The predicted molar refractivity (Wildman–Crippen MR) is 82.3 cm³/mol. The zero-order valence-corrected chi connectivity index (χ0v) is 14.2. The predicted octanol–water partition coefficient (Wildman–Crippen LogP) is 6.43. The molecule has 2 saturated carbocycles. The average Bonchev–Trinajstić information content (AvgIpc) is 2.95. The van der Waals surface area contributed by atoms with Gasteiger partial charge in [0.2, 0.25) is 0 Å².